The number of hydrogen-bond acceptors (Lipinski definition) is 11. The summed E-state index contributed by atoms with van der Waals surface area (Å²) in [5, 5.41) is 79.5. The normalized spacial score (nSPS) is 25.8. The van der Waals surface area contributed by atoms with Gasteiger partial charge < -0.3 is 50.0 Å². The van der Waals surface area contributed by atoms with Gasteiger partial charge in [-0.1, -0.05) is 6.07 Å². The monoisotopic (exact) mass is 448 g/mol. The zero-order valence-corrected chi connectivity index (χ0v) is 16.3. The van der Waals surface area contributed by atoms with Gasteiger partial charge in [0, 0.05) is 6.07 Å². The van der Waals surface area contributed by atoms with Gasteiger partial charge in [-0.15, -0.1) is 0 Å². The fraction of sp³-hybridized carbons (Fsp3) is 0.286. The second-order valence-electron chi connectivity index (χ2n) is 7.46. The van der Waals surface area contributed by atoms with Gasteiger partial charge in [0.15, 0.2) is 17.1 Å². The van der Waals surface area contributed by atoms with Gasteiger partial charge in [-0.3, -0.25) is 4.79 Å². The minimum absolute atomic E-state index is 0.0893. The van der Waals surface area contributed by atoms with Crippen molar-refractivity contribution >= 4 is 11.0 Å². The minimum Gasteiger partial charge on any atom is -0.507 e. The molecule has 170 valence electrons. The van der Waals surface area contributed by atoms with Gasteiger partial charge in [0.05, 0.1) is 17.7 Å². The minimum atomic E-state index is -1.77. The highest BCUT2D eigenvalue weighted by Crippen LogP contribution is 2.43. The first-order valence-corrected chi connectivity index (χ1v) is 9.48. The number of fused-ring (bicyclic) bond motifs is 1. The summed E-state index contributed by atoms with van der Waals surface area (Å²) < 4.78 is 11.0. The van der Waals surface area contributed by atoms with Crippen molar-refractivity contribution in [2.75, 3.05) is 6.61 Å². The first-order valence-electron chi connectivity index (χ1n) is 9.48. The molecular formula is C21H20O11. The lowest BCUT2D eigenvalue weighted by atomic mass is 9.89. The molecule has 0 amide bonds. The molecule has 1 aliphatic heterocycles. The van der Waals surface area contributed by atoms with Crippen LogP contribution in [-0.2, 0) is 4.74 Å². The number of rotatable bonds is 3. The smallest absolute Gasteiger partial charge is 0.204 e. The molecule has 0 spiro atoms. The molecule has 1 saturated heterocycles. The molecule has 11 nitrogen and oxygen atoms in total. The molecule has 2 aromatic carbocycles. The van der Waals surface area contributed by atoms with Gasteiger partial charge in [-0.2, -0.15) is 0 Å². The van der Waals surface area contributed by atoms with Gasteiger partial charge in [0.1, 0.15) is 53.7 Å². The maximum Gasteiger partial charge on any atom is 0.204 e. The number of aliphatic hydroxyl groups is 4. The molecule has 1 aromatic heterocycles. The molecule has 4 rings (SSSR count). The number of aromatic hydroxyl groups is 4. The van der Waals surface area contributed by atoms with E-state index in [0.717, 1.165) is 24.5 Å². The lowest BCUT2D eigenvalue weighted by molar-refractivity contribution is -0.231. The quantitative estimate of drug-likeness (QED) is 0.247. The highest BCUT2D eigenvalue weighted by Gasteiger charge is 2.46. The number of ether oxygens (including phenoxy) is 1. The lowest BCUT2D eigenvalue weighted by Crippen LogP contribution is -2.55. The molecule has 0 bridgehead atoms. The van der Waals surface area contributed by atoms with Crippen molar-refractivity contribution < 1.29 is 50.0 Å². The number of phenols is 4. The van der Waals surface area contributed by atoms with Gasteiger partial charge in [-0.05, 0) is 17.7 Å². The van der Waals surface area contributed by atoms with Crippen LogP contribution in [0.25, 0.3) is 22.1 Å². The molecule has 8 N–H and O–H groups in total. The maximum atomic E-state index is 13.1. The highest BCUT2D eigenvalue weighted by atomic mass is 16.5. The average molecular weight is 448 g/mol. The molecule has 1 aliphatic rings. The van der Waals surface area contributed by atoms with Gasteiger partial charge in [0.2, 0.25) is 5.43 Å². The first-order chi connectivity index (χ1) is 15.1. The Morgan fingerprint density at radius 3 is 2.22 bits per heavy atom. The molecule has 11 heteroatoms. The third-order valence-electron chi connectivity index (χ3n) is 5.51. The predicted molar refractivity (Wildman–Crippen MR) is 107 cm³/mol. The summed E-state index contributed by atoms with van der Waals surface area (Å²) >= 11 is 0. The van der Waals surface area contributed by atoms with E-state index >= 15 is 0 Å². The highest BCUT2D eigenvalue weighted by molar-refractivity contribution is 5.91. The topological polar surface area (TPSA) is 201 Å². The largest absolute Gasteiger partial charge is 0.507 e. The Labute approximate surface area is 179 Å². The van der Waals surface area contributed by atoms with Crippen molar-refractivity contribution in [2.24, 2.45) is 0 Å². The van der Waals surface area contributed by atoms with E-state index in [1.165, 1.54) is 6.07 Å². The molecule has 32 heavy (non-hydrogen) atoms. The molecule has 0 radical (unpaired) electrons. The summed E-state index contributed by atoms with van der Waals surface area (Å²) in [4.78, 5) is 13.1. The van der Waals surface area contributed by atoms with Gasteiger partial charge in [-0.25, -0.2) is 0 Å². The predicted octanol–water partition coefficient (Wildman–Crippen LogP) is -0.203. The van der Waals surface area contributed by atoms with Crippen LogP contribution in [0, 0.1) is 0 Å². The molecular weight excluding hydrogens is 428 g/mol. The van der Waals surface area contributed by atoms with Crippen molar-refractivity contribution in [1.29, 1.82) is 0 Å². The molecule has 0 saturated carbocycles. The fourth-order valence-electron chi connectivity index (χ4n) is 3.80. The Morgan fingerprint density at radius 1 is 0.844 bits per heavy atom. The fourth-order valence-corrected chi connectivity index (χ4v) is 3.80. The molecule has 1 fully saturated rings. The van der Waals surface area contributed by atoms with Crippen LogP contribution >= 0.6 is 0 Å². The molecule has 5 unspecified atom stereocenters. The Morgan fingerprint density at radius 2 is 1.56 bits per heavy atom. The molecule has 0 aliphatic carbocycles. The zero-order chi connectivity index (χ0) is 23.3. The number of benzene rings is 2. The van der Waals surface area contributed by atoms with E-state index in [9.17, 15) is 45.6 Å². The lowest BCUT2D eigenvalue weighted by Gasteiger charge is -2.40. The van der Waals surface area contributed by atoms with Crippen LogP contribution in [0.5, 0.6) is 23.0 Å². The van der Waals surface area contributed by atoms with Crippen LogP contribution < -0.4 is 5.43 Å². The van der Waals surface area contributed by atoms with Crippen molar-refractivity contribution in [3.05, 3.63) is 46.3 Å². The summed E-state index contributed by atoms with van der Waals surface area (Å²) in [6.07, 6.45) is -6.99. The number of aliphatic hydroxyl groups excluding tert-OH is 4. The van der Waals surface area contributed by atoms with Crippen LogP contribution in [0.3, 0.4) is 0 Å². The Kier molecular flexibility index (Phi) is 5.44. The maximum absolute atomic E-state index is 13.1. The molecule has 5 atom stereocenters. The second kappa shape index (κ2) is 7.97. The van der Waals surface area contributed by atoms with Crippen molar-refractivity contribution in [1.82, 2.24) is 0 Å². The van der Waals surface area contributed by atoms with Crippen LogP contribution in [0.4, 0.5) is 0 Å². The van der Waals surface area contributed by atoms with Gasteiger partial charge in [0.25, 0.3) is 0 Å². The SMILES string of the molecule is O=c1c(-c2ccc(O)c(O)c2)coc2c(C3OC(CO)C(O)C(O)C3O)c(O)cc(O)c12. The molecule has 3 aromatic rings. The van der Waals surface area contributed by atoms with Gasteiger partial charge >= 0.3 is 0 Å². The van der Waals surface area contributed by atoms with Crippen LogP contribution in [0.1, 0.15) is 11.7 Å². The summed E-state index contributed by atoms with van der Waals surface area (Å²) in [7, 11) is 0. The Balaban J connectivity index is 1.93. The van der Waals surface area contributed by atoms with E-state index in [2.05, 4.69) is 0 Å². The van der Waals surface area contributed by atoms with E-state index in [0.29, 0.717) is 0 Å². The van der Waals surface area contributed by atoms with E-state index in [4.69, 9.17) is 9.15 Å². The van der Waals surface area contributed by atoms with Crippen molar-refractivity contribution in [2.45, 2.75) is 30.5 Å². The third-order valence-corrected chi connectivity index (χ3v) is 5.51. The third kappa shape index (κ3) is 3.32. The van der Waals surface area contributed by atoms with Crippen LogP contribution in [0.15, 0.2) is 39.7 Å². The van der Waals surface area contributed by atoms with Crippen LogP contribution in [0.2, 0.25) is 0 Å². The van der Waals surface area contributed by atoms with E-state index in [1.807, 2.05) is 0 Å². The van der Waals surface area contributed by atoms with E-state index < -0.39 is 65.6 Å². The summed E-state index contributed by atoms with van der Waals surface area (Å²) in [6.45, 7) is -0.712. The number of phenolic OH excluding ortho intramolecular Hbond substituents is 4. The zero-order valence-electron chi connectivity index (χ0n) is 16.3. The average Bonchev–Trinajstić information content (AvgIpc) is 2.75. The summed E-state index contributed by atoms with van der Waals surface area (Å²) in [5.41, 5.74) is -1.33. The van der Waals surface area contributed by atoms with Crippen molar-refractivity contribution in [3.8, 4) is 34.1 Å². The Hall–Kier alpha value is -3.35. The van der Waals surface area contributed by atoms with Crippen LogP contribution in [-0.4, -0.2) is 71.9 Å². The van der Waals surface area contributed by atoms with Crippen molar-refractivity contribution in [3.63, 3.8) is 0 Å². The molecule has 2 heterocycles. The summed E-state index contributed by atoms with van der Waals surface area (Å²) in [6, 6.07) is 4.44. The summed E-state index contributed by atoms with van der Waals surface area (Å²) in [5.74, 6) is -2.17. The number of hydrogen-bond donors (Lipinski definition) is 8. The van der Waals surface area contributed by atoms with E-state index in [1.54, 1.807) is 0 Å². The first kappa shape index (κ1) is 21.9. The standard InChI is InChI=1S/C21H20O11/c22-5-13-17(28)18(29)19(30)21(32-13)15-12(26)4-11(25)14-16(27)8(6-31-20(14)15)7-1-2-9(23)10(24)3-7/h1-4,6,13,17-19,21-26,28-30H,5H2. The Bertz CT molecular complexity index is 1230. The van der Waals surface area contributed by atoms with E-state index in [-0.39, 0.29) is 27.7 Å². The second-order valence-corrected chi connectivity index (χ2v) is 7.46.